The van der Waals surface area contributed by atoms with E-state index in [2.05, 4.69) is 10.3 Å². The molecule has 3 rings (SSSR count). The average Bonchev–Trinajstić information content (AvgIpc) is 3.03. The number of nitrogens with one attached hydrogen (secondary N) is 1. The van der Waals surface area contributed by atoms with Crippen LogP contribution in [0.3, 0.4) is 0 Å². The molecular weight excluding hydrogens is 250 g/mol. The zero-order valence-electron chi connectivity index (χ0n) is 11.5. The second-order valence-electron chi connectivity index (χ2n) is 5.33. The maximum absolute atomic E-state index is 12.3. The van der Waals surface area contributed by atoms with Crippen molar-refractivity contribution in [1.82, 2.24) is 14.9 Å². The molecule has 1 aliphatic carbocycles. The van der Waals surface area contributed by atoms with Gasteiger partial charge in [0.05, 0.1) is 6.33 Å². The number of imidazole rings is 1. The number of nitrogens with zero attached hydrogens (tertiary/aromatic N) is 2. The summed E-state index contributed by atoms with van der Waals surface area (Å²) in [4.78, 5) is 16.3. The number of carbonyl (C=O) groups excluding carboxylic acids is 1. The van der Waals surface area contributed by atoms with E-state index in [0.717, 1.165) is 18.5 Å². The molecule has 1 aromatic heterocycles. The minimum atomic E-state index is 0.0267. The first-order valence-electron chi connectivity index (χ1n) is 7.22. The smallest absolute Gasteiger partial charge is 0.251 e. The number of carbonyl (C=O) groups is 1. The van der Waals surface area contributed by atoms with Gasteiger partial charge in [0.15, 0.2) is 0 Å². The predicted octanol–water partition coefficient (Wildman–Crippen LogP) is 2.93. The van der Waals surface area contributed by atoms with Crippen molar-refractivity contribution in [1.29, 1.82) is 0 Å². The Morgan fingerprint density at radius 3 is 2.85 bits per heavy atom. The summed E-state index contributed by atoms with van der Waals surface area (Å²) in [6, 6.07) is 7.98. The molecule has 0 bridgehead atoms. The molecule has 4 nitrogen and oxygen atoms in total. The van der Waals surface area contributed by atoms with Crippen LogP contribution in [0.2, 0.25) is 0 Å². The van der Waals surface area contributed by atoms with E-state index in [9.17, 15) is 4.79 Å². The zero-order chi connectivity index (χ0) is 13.8. The van der Waals surface area contributed by atoms with E-state index in [1.54, 1.807) is 12.5 Å². The van der Waals surface area contributed by atoms with E-state index in [-0.39, 0.29) is 5.91 Å². The summed E-state index contributed by atoms with van der Waals surface area (Å²) in [5.41, 5.74) is 1.67. The lowest BCUT2D eigenvalue weighted by Crippen LogP contribution is -2.36. The third kappa shape index (κ3) is 2.90. The SMILES string of the molecule is O=C(NC1CCCCC1)c1cccc(-n2ccnc2)c1. The second kappa shape index (κ2) is 5.90. The van der Waals surface area contributed by atoms with E-state index in [0.29, 0.717) is 11.6 Å². The van der Waals surface area contributed by atoms with Crippen molar-refractivity contribution in [3.05, 3.63) is 48.5 Å². The molecule has 2 aromatic rings. The minimum absolute atomic E-state index is 0.0267. The van der Waals surface area contributed by atoms with Crippen LogP contribution in [-0.2, 0) is 0 Å². The number of aromatic nitrogens is 2. The molecule has 1 aromatic carbocycles. The van der Waals surface area contributed by atoms with Crippen LogP contribution in [0.5, 0.6) is 0 Å². The molecule has 0 saturated heterocycles. The third-order valence-corrected chi connectivity index (χ3v) is 3.85. The highest BCUT2D eigenvalue weighted by atomic mass is 16.1. The number of hydrogen-bond donors (Lipinski definition) is 1. The Hall–Kier alpha value is -2.10. The van der Waals surface area contributed by atoms with Gasteiger partial charge in [0.2, 0.25) is 0 Å². The maximum atomic E-state index is 12.3. The van der Waals surface area contributed by atoms with Crippen molar-refractivity contribution in [2.45, 2.75) is 38.1 Å². The predicted molar refractivity (Wildman–Crippen MR) is 77.9 cm³/mol. The largest absolute Gasteiger partial charge is 0.349 e. The number of rotatable bonds is 3. The normalized spacial score (nSPS) is 16.0. The molecule has 104 valence electrons. The lowest BCUT2D eigenvalue weighted by atomic mass is 9.95. The highest BCUT2D eigenvalue weighted by molar-refractivity contribution is 5.94. The summed E-state index contributed by atoms with van der Waals surface area (Å²) in [5, 5.41) is 3.14. The van der Waals surface area contributed by atoms with Crippen molar-refractivity contribution in [3.63, 3.8) is 0 Å². The van der Waals surface area contributed by atoms with Crippen molar-refractivity contribution >= 4 is 5.91 Å². The molecule has 1 saturated carbocycles. The summed E-state index contributed by atoms with van der Waals surface area (Å²) in [6.07, 6.45) is 11.3. The molecule has 1 N–H and O–H groups in total. The number of amides is 1. The fourth-order valence-electron chi connectivity index (χ4n) is 2.74. The fourth-order valence-corrected chi connectivity index (χ4v) is 2.74. The zero-order valence-corrected chi connectivity index (χ0v) is 11.5. The van der Waals surface area contributed by atoms with Gasteiger partial charge >= 0.3 is 0 Å². The molecule has 4 heteroatoms. The summed E-state index contributed by atoms with van der Waals surface area (Å²) in [6.45, 7) is 0. The first kappa shape index (κ1) is 12.9. The molecule has 0 aliphatic heterocycles. The quantitative estimate of drug-likeness (QED) is 0.931. The molecule has 0 unspecified atom stereocenters. The van der Waals surface area contributed by atoms with Crippen LogP contribution < -0.4 is 5.32 Å². The van der Waals surface area contributed by atoms with Crippen LogP contribution in [0, 0.1) is 0 Å². The van der Waals surface area contributed by atoms with Crippen LogP contribution in [-0.4, -0.2) is 21.5 Å². The lowest BCUT2D eigenvalue weighted by molar-refractivity contribution is 0.0927. The van der Waals surface area contributed by atoms with Crippen LogP contribution in [0.15, 0.2) is 43.0 Å². The topological polar surface area (TPSA) is 46.9 Å². The summed E-state index contributed by atoms with van der Waals surface area (Å²) in [5.74, 6) is 0.0267. The van der Waals surface area contributed by atoms with Crippen molar-refractivity contribution in [2.75, 3.05) is 0 Å². The maximum Gasteiger partial charge on any atom is 0.251 e. The molecule has 1 fully saturated rings. The Kier molecular flexibility index (Phi) is 3.81. The molecule has 1 aliphatic rings. The van der Waals surface area contributed by atoms with E-state index >= 15 is 0 Å². The van der Waals surface area contributed by atoms with Gasteiger partial charge in [0.1, 0.15) is 0 Å². The van der Waals surface area contributed by atoms with Gasteiger partial charge in [-0.15, -0.1) is 0 Å². The molecule has 1 heterocycles. The van der Waals surface area contributed by atoms with E-state index < -0.39 is 0 Å². The highest BCUT2D eigenvalue weighted by Crippen LogP contribution is 2.18. The monoisotopic (exact) mass is 269 g/mol. The minimum Gasteiger partial charge on any atom is -0.349 e. The Morgan fingerprint density at radius 2 is 2.10 bits per heavy atom. The molecular formula is C16H19N3O. The van der Waals surface area contributed by atoms with Gasteiger partial charge in [-0.05, 0) is 31.0 Å². The fraction of sp³-hybridized carbons (Fsp3) is 0.375. The van der Waals surface area contributed by atoms with Crippen LogP contribution in [0.1, 0.15) is 42.5 Å². The average molecular weight is 269 g/mol. The van der Waals surface area contributed by atoms with Gasteiger partial charge in [-0.1, -0.05) is 25.3 Å². The van der Waals surface area contributed by atoms with E-state index in [1.807, 2.05) is 35.0 Å². The van der Waals surface area contributed by atoms with Gasteiger partial charge < -0.3 is 9.88 Å². The van der Waals surface area contributed by atoms with Gasteiger partial charge in [-0.25, -0.2) is 4.98 Å². The number of hydrogen-bond acceptors (Lipinski definition) is 2. The summed E-state index contributed by atoms with van der Waals surface area (Å²) >= 11 is 0. The third-order valence-electron chi connectivity index (χ3n) is 3.85. The number of benzene rings is 1. The van der Waals surface area contributed by atoms with Crippen molar-refractivity contribution in [3.8, 4) is 5.69 Å². The standard InChI is InChI=1S/C16H19N3O/c20-16(18-14-6-2-1-3-7-14)13-5-4-8-15(11-13)19-10-9-17-12-19/h4-5,8-12,14H,1-3,6-7H2,(H,18,20). The van der Waals surface area contributed by atoms with Gasteiger partial charge in [0, 0.05) is 29.7 Å². The van der Waals surface area contributed by atoms with Gasteiger partial charge in [-0.3, -0.25) is 4.79 Å². The van der Waals surface area contributed by atoms with Crippen molar-refractivity contribution < 1.29 is 4.79 Å². The molecule has 0 atom stereocenters. The van der Waals surface area contributed by atoms with Crippen molar-refractivity contribution in [2.24, 2.45) is 0 Å². The van der Waals surface area contributed by atoms with E-state index in [1.165, 1.54) is 19.3 Å². The van der Waals surface area contributed by atoms with Crippen LogP contribution in [0.4, 0.5) is 0 Å². The van der Waals surface area contributed by atoms with Crippen LogP contribution in [0.25, 0.3) is 5.69 Å². The Bertz CT molecular complexity index is 571. The van der Waals surface area contributed by atoms with Gasteiger partial charge in [0.25, 0.3) is 5.91 Å². The molecule has 0 spiro atoms. The summed E-state index contributed by atoms with van der Waals surface area (Å²) in [7, 11) is 0. The first-order chi connectivity index (χ1) is 9.83. The Labute approximate surface area is 118 Å². The second-order valence-corrected chi connectivity index (χ2v) is 5.33. The Morgan fingerprint density at radius 1 is 1.25 bits per heavy atom. The summed E-state index contributed by atoms with van der Waals surface area (Å²) < 4.78 is 1.90. The van der Waals surface area contributed by atoms with E-state index in [4.69, 9.17) is 0 Å². The highest BCUT2D eigenvalue weighted by Gasteiger charge is 2.16. The van der Waals surface area contributed by atoms with Crippen LogP contribution >= 0.6 is 0 Å². The molecule has 20 heavy (non-hydrogen) atoms. The molecule has 1 amide bonds. The molecule has 0 radical (unpaired) electrons. The first-order valence-corrected chi connectivity index (χ1v) is 7.22. The lowest BCUT2D eigenvalue weighted by Gasteiger charge is -2.22. The van der Waals surface area contributed by atoms with Gasteiger partial charge in [-0.2, -0.15) is 0 Å². The Balaban J connectivity index is 1.73.